The molecule has 0 fully saturated rings. The SMILES string of the molecule is CC(C)N(C)S(=O)(=O)c1ccc(C(=O)Nc2nc3c(Cl)cccc3s2)cc1. The Morgan fingerprint density at radius 1 is 1.19 bits per heavy atom. The molecule has 1 heterocycles. The van der Waals surface area contributed by atoms with E-state index in [1.165, 1.54) is 47.0 Å². The number of carbonyl (C=O) groups is 1. The zero-order valence-electron chi connectivity index (χ0n) is 14.9. The molecule has 0 saturated heterocycles. The van der Waals surface area contributed by atoms with E-state index in [-0.39, 0.29) is 16.8 Å². The Kier molecular flexibility index (Phi) is 5.53. The van der Waals surface area contributed by atoms with Crippen LogP contribution in [0.25, 0.3) is 10.2 Å². The summed E-state index contributed by atoms with van der Waals surface area (Å²) in [5.74, 6) is -0.369. The minimum Gasteiger partial charge on any atom is -0.298 e. The number of halogens is 1. The molecule has 6 nitrogen and oxygen atoms in total. The van der Waals surface area contributed by atoms with Gasteiger partial charge in [-0.2, -0.15) is 4.31 Å². The van der Waals surface area contributed by atoms with Crippen LogP contribution >= 0.6 is 22.9 Å². The van der Waals surface area contributed by atoms with Crippen molar-refractivity contribution >= 4 is 54.2 Å². The van der Waals surface area contributed by atoms with Crippen molar-refractivity contribution in [1.82, 2.24) is 9.29 Å². The van der Waals surface area contributed by atoms with Gasteiger partial charge in [-0.05, 0) is 50.2 Å². The van der Waals surface area contributed by atoms with Crippen LogP contribution in [-0.2, 0) is 10.0 Å². The Morgan fingerprint density at radius 2 is 1.85 bits per heavy atom. The van der Waals surface area contributed by atoms with Crippen molar-refractivity contribution in [2.45, 2.75) is 24.8 Å². The first kappa shape index (κ1) is 19.8. The molecule has 0 radical (unpaired) electrons. The van der Waals surface area contributed by atoms with Crippen molar-refractivity contribution in [3.63, 3.8) is 0 Å². The van der Waals surface area contributed by atoms with Gasteiger partial charge in [-0.1, -0.05) is 29.0 Å². The second-order valence-corrected chi connectivity index (χ2v) is 9.63. The van der Waals surface area contributed by atoms with Gasteiger partial charge in [0.25, 0.3) is 5.91 Å². The molecule has 9 heteroatoms. The normalized spacial score (nSPS) is 12.1. The van der Waals surface area contributed by atoms with Gasteiger partial charge in [0.15, 0.2) is 5.13 Å². The van der Waals surface area contributed by atoms with Gasteiger partial charge in [0.1, 0.15) is 5.52 Å². The Labute approximate surface area is 166 Å². The second kappa shape index (κ2) is 7.55. The molecule has 1 amide bonds. The Balaban J connectivity index is 1.80. The minimum atomic E-state index is -3.59. The number of benzene rings is 2. The molecule has 0 unspecified atom stereocenters. The molecule has 142 valence electrons. The Bertz CT molecular complexity index is 1090. The lowest BCUT2D eigenvalue weighted by molar-refractivity contribution is 0.102. The van der Waals surface area contributed by atoms with Gasteiger partial charge >= 0.3 is 0 Å². The van der Waals surface area contributed by atoms with Crippen LogP contribution in [0.15, 0.2) is 47.4 Å². The topological polar surface area (TPSA) is 79.4 Å². The van der Waals surface area contributed by atoms with Crippen LogP contribution in [0.1, 0.15) is 24.2 Å². The quantitative estimate of drug-likeness (QED) is 0.665. The Morgan fingerprint density at radius 3 is 2.44 bits per heavy atom. The highest BCUT2D eigenvalue weighted by Gasteiger charge is 2.23. The molecular weight excluding hydrogens is 406 g/mol. The van der Waals surface area contributed by atoms with E-state index in [2.05, 4.69) is 10.3 Å². The van der Waals surface area contributed by atoms with Crippen LogP contribution in [0.4, 0.5) is 5.13 Å². The number of rotatable bonds is 5. The highest BCUT2D eigenvalue weighted by atomic mass is 35.5. The Hall–Kier alpha value is -2.00. The van der Waals surface area contributed by atoms with Gasteiger partial charge in [-0.3, -0.25) is 10.1 Å². The molecule has 0 atom stereocenters. The number of nitrogens with zero attached hydrogens (tertiary/aromatic N) is 2. The van der Waals surface area contributed by atoms with Gasteiger partial charge in [0, 0.05) is 18.7 Å². The first-order valence-electron chi connectivity index (χ1n) is 8.14. The third-order valence-electron chi connectivity index (χ3n) is 4.11. The number of fused-ring (bicyclic) bond motifs is 1. The van der Waals surface area contributed by atoms with Gasteiger partial charge in [-0.25, -0.2) is 13.4 Å². The number of sulfonamides is 1. The lowest BCUT2D eigenvalue weighted by atomic mass is 10.2. The van der Waals surface area contributed by atoms with E-state index in [4.69, 9.17) is 11.6 Å². The molecule has 27 heavy (non-hydrogen) atoms. The van der Waals surface area contributed by atoms with Crippen LogP contribution < -0.4 is 5.32 Å². The number of hydrogen-bond donors (Lipinski definition) is 1. The summed E-state index contributed by atoms with van der Waals surface area (Å²) >= 11 is 7.42. The van der Waals surface area contributed by atoms with E-state index in [0.29, 0.717) is 21.2 Å². The standard InChI is InChI=1S/C18H18ClN3O3S2/c1-11(2)22(3)27(24,25)13-9-7-12(8-10-13)17(23)21-18-20-16-14(19)5-4-6-15(16)26-18/h4-11H,1-3H3,(H,20,21,23). The van der Waals surface area contributed by atoms with Crippen molar-refractivity contribution in [1.29, 1.82) is 0 Å². The second-order valence-electron chi connectivity index (χ2n) is 6.20. The lowest BCUT2D eigenvalue weighted by Crippen LogP contribution is -2.33. The third-order valence-corrected chi connectivity index (χ3v) is 7.40. The van der Waals surface area contributed by atoms with Crippen molar-refractivity contribution in [2.75, 3.05) is 12.4 Å². The molecule has 3 aromatic rings. The fourth-order valence-electron chi connectivity index (χ4n) is 2.36. The fourth-order valence-corrected chi connectivity index (χ4v) is 4.89. The summed E-state index contributed by atoms with van der Waals surface area (Å²) in [4.78, 5) is 16.9. The summed E-state index contributed by atoms with van der Waals surface area (Å²) in [6, 6.07) is 11.1. The van der Waals surface area contributed by atoms with E-state index in [1.54, 1.807) is 19.9 Å². The van der Waals surface area contributed by atoms with Gasteiger partial charge in [0.05, 0.1) is 14.6 Å². The largest absolute Gasteiger partial charge is 0.298 e. The van der Waals surface area contributed by atoms with E-state index >= 15 is 0 Å². The highest BCUT2D eigenvalue weighted by molar-refractivity contribution is 7.89. The molecule has 0 aliphatic carbocycles. The first-order chi connectivity index (χ1) is 12.7. The van der Waals surface area contributed by atoms with Gasteiger partial charge in [0.2, 0.25) is 10.0 Å². The first-order valence-corrected chi connectivity index (χ1v) is 10.8. The van der Waals surface area contributed by atoms with Crippen molar-refractivity contribution < 1.29 is 13.2 Å². The number of carbonyl (C=O) groups excluding carboxylic acids is 1. The van der Waals surface area contributed by atoms with Crippen LogP contribution in [-0.4, -0.2) is 36.7 Å². The maximum Gasteiger partial charge on any atom is 0.257 e. The molecule has 0 saturated carbocycles. The van der Waals surface area contributed by atoms with Crippen molar-refractivity contribution in [3.05, 3.63) is 53.1 Å². The smallest absolute Gasteiger partial charge is 0.257 e. The predicted octanol–water partition coefficient (Wildman–Crippen LogP) is 4.23. The highest BCUT2D eigenvalue weighted by Crippen LogP contribution is 2.30. The fraction of sp³-hybridized carbons (Fsp3) is 0.222. The third kappa shape index (κ3) is 3.98. The number of amides is 1. The molecule has 0 aliphatic rings. The molecule has 1 N–H and O–H groups in total. The summed E-state index contributed by atoms with van der Waals surface area (Å²) in [5.41, 5.74) is 0.976. The van der Waals surface area contributed by atoms with Crippen molar-refractivity contribution in [3.8, 4) is 0 Å². The van der Waals surface area contributed by atoms with E-state index in [9.17, 15) is 13.2 Å². The number of nitrogens with one attached hydrogen (secondary N) is 1. The number of para-hydroxylation sites is 1. The number of hydrogen-bond acceptors (Lipinski definition) is 5. The number of thiazole rings is 1. The zero-order valence-corrected chi connectivity index (χ0v) is 17.3. The van der Waals surface area contributed by atoms with Crippen LogP contribution in [0.3, 0.4) is 0 Å². The molecule has 0 spiro atoms. The molecule has 0 bridgehead atoms. The molecule has 2 aromatic carbocycles. The minimum absolute atomic E-state index is 0.141. The average Bonchev–Trinajstić information content (AvgIpc) is 3.05. The van der Waals surface area contributed by atoms with Gasteiger partial charge < -0.3 is 0 Å². The van der Waals surface area contributed by atoms with Crippen LogP contribution in [0.5, 0.6) is 0 Å². The maximum absolute atomic E-state index is 12.5. The van der Waals surface area contributed by atoms with E-state index < -0.39 is 10.0 Å². The molecule has 1 aromatic heterocycles. The predicted molar refractivity (Wildman–Crippen MR) is 109 cm³/mol. The summed E-state index contributed by atoms with van der Waals surface area (Å²) in [5, 5.41) is 3.68. The summed E-state index contributed by atoms with van der Waals surface area (Å²) in [7, 11) is -2.06. The van der Waals surface area contributed by atoms with E-state index in [0.717, 1.165) is 4.70 Å². The summed E-state index contributed by atoms with van der Waals surface area (Å²) < 4.78 is 27.1. The molecular formula is C18H18ClN3O3S2. The monoisotopic (exact) mass is 423 g/mol. The van der Waals surface area contributed by atoms with Crippen molar-refractivity contribution in [2.24, 2.45) is 0 Å². The zero-order chi connectivity index (χ0) is 19.8. The average molecular weight is 424 g/mol. The van der Waals surface area contributed by atoms with Gasteiger partial charge in [-0.15, -0.1) is 0 Å². The summed E-state index contributed by atoms with van der Waals surface area (Å²) in [6.45, 7) is 3.59. The molecule has 3 rings (SSSR count). The van der Waals surface area contributed by atoms with Crippen LogP contribution in [0, 0.1) is 0 Å². The maximum atomic E-state index is 12.5. The summed E-state index contributed by atoms with van der Waals surface area (Å²) in [6.07, 6.45) is 0. The van der Waals surface area contributed by atoms with Crippen LogP contribution in [0.2, 0.25) is 5.02 Å². The lowest BCUT2D eigenvalue weighted by Gasteiger charge is -2.20. The van der Waals surface area contributed by atoms with E-state index in [1.807, 2.05) is 12.1 Å². The number of anilines is 1. The molecule has 0 aliphatic heterocycles. The number of aromatic nitrogens is 1.